The van der Waals surface area contributed by atoms with Gasteiger partial charge in [-0.05, 0) is 24.1 Å². The molecule has 0 bridgehead atoms. The average Bonchev–Trinajstić information content (AvgIpc) is 2.30. The molecule has 0 aromatic heterocycles. The quantitative estimate of drug-likeness (QED) is 0.850. The molecule has 0 aliphatic rings. The maximum Gasteiger partial charge on any atom is 0.323 e. The molecule has 1 amide bonds. The first-order valence-electron chi connectivity index (χ1n) is 5.53. The fourth-order valence-corrected chi connectivity index (χ4v) is 1.58. The number of carboxylic acids is 1. The van der Waals surface area contributed by atoms with E-state index in [1.807, 2.05) is 19.1 Å². The smallest absolute Gasteiger partial charge is 0.323 e. The molecule has 0 atom stereocenters. The Morgan fingerprint density at radius 3 is 2.61 bits per heavy atom. The molecule has 18 heavy (non-hydrogen) atoms. The van der Waals surface area contributed by atoms with Gasteiger partial charge in [0.05, 0.1) is 13.5 Å². The number of aliphatic carboxylic acids is 1. The first-order valence-corrected chi connectivity index (χ1v) is 5.53. The molecular weight excluding hydrogens is 234 g/mol. The Hall–Kier alpha value is -2.04. The largest absolute Gasteiger partial charge is 0.496 e. The fraction of sp³-hybridized carbons (Fsp3) is 0.385. The second-order valence-corrected chi connectivity index (χ2v) is 4.12. The normalized spacial score (nSPS) is 9.94. The molecular formula is C13H17NO4. The van der Waals surface area contributed by atoms with Gasteiger partial charge < -0.3 is 14.7 Å². The van der Waals surface area contributed by atoms with Gasteiger partial charge in [-0.25, -0.2) is 0 Å². The summed E-state index contributed by atoms with van der Waals surface area (Å²) in [5.74, 6) is -0.531. The highest BCUT2D eigenvalue weighted by Gasteiger charge is 2.13. The van der Waals surface area contributed by atoms with Crippen molar-refractivity contribution in [3.8, 4) is 5.75 Å². The highest BCUT2D eigenvalue weighted by atomic mass is 16.5. The van der Waals surface area contributed by atoms with E-state index in [2.05, 4.69) is 0 Å². The van der Waals surface area contributed by atoms with E-state index in [0.29, 0.717) is 0 Å². The van der Waals surface area contributed by atoms with Crippen LogP contribution in [0.3, 0.4) is 0 Å². The second kappa shape index (κ2) is 6.05. The number of methoxy groups -OCH3 is 1. The first kappa shape index (κ1) is 14.0. The third kappa shape index (κ3) is 3.76. The standard InChI is InChI=1S/C13H17NO4/c1-9-4-5-10(6-11(9)18-3)7-12(15)14(2)8-13(16)17/h4-6H,7-8H2,1-3H3,(H,16,17). The lowest BCUT2D eigenvalue weighted by molar-refractivity contribution is -0.143. The molecule has 0 fully saturated rings. The van der Waals surface area contributed by atoms with E-state index < -0.39 is 5.97 Å². The van der Waals surface area contributed by atoms with Crippen molar-refractivity contribution in [3.05, 3.63) is 29.3 Å². The fourth-order valence-electron chi connectivity index (χ4n) is 1.58. The SMILES string of the molecule is COc1cc(CC(=O)N(C)CC(=O)O)ccc1C. The summed E-state index contributed by atoms with van der Waals surface area (Å²) >= 11 is 0. The summed E-state index contributed by atoms with van der Waals surface area (Å²) in [5, 5.41) is 8.60. The van der Waals surface area contributed by atoms with E-state index in [9.17, 15) is 9.59 Å². The molecule has 98 valence electrons. The molecule has 0 unspecified atom stereocenters. The molecule has 1 aromatic carbocycles. The maximum absolute atomic E-state index is 11.8. The predicted molar refractivity (Wildman–Crippen MR) is 66.7 cm³/mol. The number of benzene rings is 1. The topological polar surface area (TPSA) is 66.8 Å². The highest BCUT2D eigenvalue weighted by Crippen LogP contribution is 2.19. The highest BCUT2D eigenvalue weighted by molar-refractivity contribution is 5.82. The number of nitrogens with zero attached hydrogens (tertiary/aromatic N) is 1. The van der Waals surface area contributed by atoms with E-state index in [1.165, 1.54) is 11.9 Å². The van der Waals surface area contributed by atoms with Crippen molar-refractivity contribution in [2.24, 2.45) is 0 Å². The zero-order valence-corrected chi connectivity index (χ0v) is 10.8. The Balaban J connectivity index is 2.72. The molecule has 0 aliphatic heterocycles. The molecule has 0 spiro atoms. The molecule has 0 aliphatic carbocycles. The number of aryl methyl sites for hydroxylation is 1. The molecule has 1 N–H and O–H groups in total. The van der Waals surface area contributed by atoms with Gasteiger partial charge in [0.1, 0.15) is 12.3 Å². The van der Waals surface area contributed by atoms with E-state index >= 15 is 0 Å². The van der Waals surface area contributed by atoms with E-state index in [1.54, 1.807) is 13.2 Å². The second-order valence-electron chi connectivity index (χ2n) is 4.12. The van der Waals surface area contributed by atoms with Gasteiger partial charge in [-0.2, -0.15) is 0 Å². The number of likely N-dealkylation sites (N-methyl/N-ethyl adjacent to an activating group) is 1. The molecule has 0 heterocycles. The van der Waals surface area contributed by atoms with E-state index in [4.69, 9.17) is 9.84 Å². The van der Waals surface area contributed by atoms with Gasteiger partial charge in [0.15, 0.2) is 0 Å². The summed E-state index contributed by atoms with van der Waals surface area (Å²) < 4.78 is 5.17. The van der Waals surface area contributed by atoms with E-state index in [0.717, 1.165) is 16.9 Å². The summed E-state index contributed by atoms with van der Waals surface area (Å²) in [6, 6.07) is 5.50. The molecule has 0 radical (unpaired) electrons. The van der Waals surface area contributed by atoms with Crippen LogP contribution in [0.25, 0.3) is 0 Å². The van der Waals surface area contributed by atoms with Crippen LogP contribution >= 0.6 is 0 Å². The van der Waals surface area contributed by atoms with E-state index in [-0.39, 0.29) is 18.9 Å². The zero-order valence-electron chi connectivity index (χ0n) is 10.8. The summed E-state index contributed by atoms with van der Waals surface area (Å²) in [4.78, 5) is 23.4. The van der Waals surface area contributed by atoms with Crippen LogP contribution in [0.2, 0.25) is 0 Å². The maximum atomic E-state index is 11.8. The Morgan fingerprint density at radius 1 is 1.39 bits per heavy atom. The molecule has 0 saturated carbocycles. The number of ether oxygens (including phenoxy) is 1. The Labute approximate surface area is 106 Å². The lowest BCUT2D eigenvalue weighted by Gasteiger charge is -2.15. The monoisotopic (exact) mass is 251 g/mol. The van der Waals surface area contributed by atoms with Gasteiger partial charge in [0.2, 0.25) is 5.91 Å². The number of carbonyl (C=O) groups is 2. The number of hydrogen-bond donors (Lipinski definition) is 1. The van der Waals surface area contributed by atoms with Crippen LogP contribution in [-0.2, 0) is 16.0 Å². The Morgan fingerprint density at radius 2 is 2.06 bits per heavy atom. The summed E-state index contributed by atoms with van der Waals surface area (Å²) in [7, 11) is 3.05. The lowest BCUT2D eigenvalue weighted by Crippen LogP contribution is -2.33. The van der Waals surface area contributed by atoms with Crippen molar-refractivity contribution in [2.75, 3.05) is 20.7 Å². The first-order chi connectivity index (χ1) is 8.43. The summed E-state index contributed by atoms with van der Waals surface area (Å²) in [5.41, 5.74) is 1.80. The number of hydrogen-bond acceptors (Lipinski definition) is 3. The molecule has 1 rings (SSSR count). The molecule has 1 aromatic rings. The summed E-state index contributed by atoms with van der Waals surface area (Å²) in [6.07, 6.45) is 0.167. The number of carbonyl (C=O) groups excluding carboxylic acids is 1. The Bertz CT molecular complexity index is 456. The van der Waals surface area contributed by atoms with Crippen molar-refractivity contribution < 1.29 is 19.4 Å². The van der Waals surface area contributed by atoms with Crippen LogP contribution < -0.4 is 4.74 Å². The van der Waals surface area contributed by atoms with Crippen molar-refractivity contribution in [2.45, 2.75) is 13.3 Å². The zero-order chi connectivity index (χ0) is 13.7. The van der Waals surface area contributed by atoms with Gasteiger partial charge in [-0.1, -0.05) is 12.1 Å². The van der Waals surface area contributed by atoms with Crippen LogP contribution in [0.15, 0.2) is 18.2 Å². The van der Waals surface area contributed by atoms with Gasteiger partial charge in [-0.15, -0.1) is 0 Å². The minimum atomic E-state index is -1.02. The number of carboxylic acid groups (broad SMARTS) is 1. The summed E-state index contributed by atoms with van der Waals surface area (Å²) in [6.45, 7) is 1.63. The van der Waals surface area contributed by atoms with Crippen LogP contribution in [0.5, 0.6) is 5.75 Å². The van der Waals surface area contributed by atoms with Gasteiger partial charge >= 0.3 is 5.97 Å². The molecule has 5 heteroatoms. The van der Waals surface area contributed by atoms with Crippen molar-refractivity contribution in [1.29, 1.82) is 0 Å². The third-order valence-electron chi connectivity index (χ3n) is 2.63. The van der Waals surface area contributed by atoms with Crippen LogP contribution in [0, 0.1) is 6.92 Å². The van der Waals surface area contributed by atoms with Crippen LogP contribution in [0.4, 0.5) is 0 Å². The third-order valence-corrected chi connectivity index (χ3v) is 2.63. The molecule has 5 nitrogen and oxygen atoms in total. The Kier molecular flexibility index (Phi) is 4.71. The van der Waals surface area contributed by atoms with Gasteiger partial charge in [0.25, 0.3) is 0 Å². The predicted octanol–water partition coefficient (Wildman–Crippen LogP) is 1.09. The number of amides is 1. The van der Waals surface area contributed by atoms with Crippen molar-refractivity contribution in [1.82, 2.24) is 4.90 Å². The average molecular weight is 251 g/mol. The van der Waals surface area contributed by atoms with Crippen LogP contribution in [0.1, 0.15) is 11.1 Å². The van der Waals surface area contributed by atoms with Crippen LogP contribution in [-0.4, -0.2) is 42.6 Å². The van der Waals surface area contributed by atoms with Crippen molar-refractivity contribution in [3.63, 3.8) is 0 Å². The van der Waals surface area contributed by atoms with Gasteiger partial charge in [0, 0.05) is 7.05 Å². The minimum absolute atomic E-state index is 0.167. The van der Waals surface area contributed by atoms with Gasteiger partial charge in [-0.3, -0.25) is 9.59 Å². The van der Waals surface area contributed by atoms with Crippen molar-refractivity contribution >= 4 is 11.9 Å². The minimum Gasteiger partial charge on any atom is -0.496 e. The molecule has 0 saturated heterocycles. The number of rotatable bonds is 5. The lowest BCUT2D eigenvalue weighted by atomic mass is 10.1.